The molecule has 2 aromatic rings. The molecule has 0 atom stereocenters. The minimum absolute atomic E-state index is 0.0141. The molecule has 1 aromatic carbocycles. The van der Waals surface area contributed by atoms with E-state index in [0.717, 1.165) is 23.4 Å². The number of aryl methyl sites for hydroxylation is 1. The predicted molar refractivity (Wildman–Crippen MR) is 124 cm³/mol. The number of thioether (sulfide) groups is 1. The van der Waals surface area contributed by atoms with E-state index in [1.54, 1.807) is 4.90 Å². The van der Waals surface area contributed by atoms with E-state index in [1.165, 1.54) is 11.8 Å². The van der Waals surface area contributed by atoms with Crippen molar-refractivity contribution in [2.24, 2.45) is 13.0 Å². The normalized spacial score (nSPS) is 11.0. The topological polar surface area (TPSA) is 45.6 Å². The fourth-order valence-corrected chi connectivity index (χ4v) is 4.03. The van der Waals surface area contributed by atoms with E-state index in [2.05, 4.69) is 20.8 Å². The van der Waals surface area contributed by atoms with Gasteiger partial charge in [-0.05, 0) is 36.6 Å². The van der Waals surface area contributed by atoms with Gasteiger partial charge in [0.2, 0.25) is 11.8 Å². The fourth-order valence-electron chi connectivity index (χ4n) is 3.21. The van der Waals surface area contributed by atoms with Crippen LogP contribution in [-0.2, 0) is 23.2 Å². The highest BCUT2D eigenvalue weighted by molar-refractivity contribution is 8.00. The van der Waals surface area contributed by atoms with Gasteiger partial charge in [0.05, 0.1) is 18.8 Å². The first-order valence-electron chi connectivity index (χ1n) is 10.7. The minimum atomic E-state index is 0.0141. The number of amides is 2. The maximum atomic E-state index is 13.2. The van der Waals surface area contributed by atoms with Crippen LogP contribution in [0, 0.1) is 5.92 Å². The molecule has 0 N–H and O–H groups in total. The molecule has 0 saturated heterocycles. The van der Waals surface area contributed by atoms with Gasteiger partial charge in [0.15, 0.2) is 0 Å². The lowest BCUT2D eigenvalue weighted by Crippen LogP contribution is -2.45. The van der Waals surface area contributed by atoms with E-state index in [4.69, 9.17) is 0 Å². The standard InChI is InChI=1S/C24H35N3O2S/c1-5-6-15-26(17-21-11-10-14-25(21)4)23(28)18-27(16-20(2)3)24(29)19-30-22-12-8-7-9-13-22/h7-14,20H,5-6,15-19H2,1-4H3. The Bertz CT molecular complexity index is 789. The maximum absolute atomic E-state index is 13.2. The van der Waals surface area contributed by atoms with E-state index in [9.17, 15) is 9.59 Å². The summed E-state index contributed by atoms with van der Waals surface area (Å²) in [5.41, 5.74) is 1.10. The lowest BCUT2D eigenvalue weighted by molar-refractivity contribution is -0.140. The highest BCUT2D eigenvalue weighted by Crippen LogP contribution is 2.18. The Morgan fingerprint density at radius 2 is 1.77 bits per heavy atom. The zero-order valence-electron chi connectivity index (χ0n) is 18.7. The van der Waals surface area contributed by atoms with E-state index in [-0.39, 0.29) is 18.4 Å². The highest BCUT2D eigenvalue weighted by Gasteiger charge is 2.22. The van der Waals surface area contributed by atoms with E-state index in [1.807, 2.05) is 65.2 Å². The average molecular weight is 430 g/mol. The van der Waals surface area contributed by atoms with Gasteiger partial charge in [-0.25, -0.2) is 0 Å². The third-order valence-corrected chi connectivity index (χ3v) is 5.91. The lowest BCUT2D eigenvalue weighted by atomic mass is 10.2. The summed E-state index contributed by atoms with van der Waals surface area (Å²) in [6, 6.07) is 13.9. The number of benzene rings is 1. The Balaban J connectivity index is 2.04. The fraction of sp³-hybridized carbons (Fsp3) is 0.500. The highest BCUT2D eigenvalue weighted by atomic mass is 32.2. The van der Waals surface area contributed by atoms with Crippen molar-refractivity contribution in [3.63, 3.8) is 0 Å². The Hall–Kier alpha value is -2.21. The summed E-state index contributed by atoms with van der Waals surface area (Å²) in [6.07, 6.45) is 3.98. The van der Waals surface area contributed by atoms with Crippen LogP contribution < -0.4 is 0 Å². The monoisotopic (exact) mass is 429 g/mol. The summed E-state index contributed by atoms with van der Waals surface area (Å²) in [6.45, 7) is 8.29. The molecule has 30 heavy (non-hydrogen) atoms. The molecular formula is C24H35N3O2S. The van der Waals surface area contributed by atoms with Gasteiger partial charge in [0.1, 0.15) is 0 Å². The van der Waals surface area contributed by atoms with Gasteiger partial charge < -0.3 is 14.4 Å². The predicted octanol–water partition coefficient (Wildman–Crippen LogP) is 4.43. The number of rotatable bonds is 12. The van der Waals surface area contributed by atoms with Gasteiger partial charge in [-0.1, -0.05) is 45.4 Å². The number of unbranched alkanes of at least 4 members (excludes halogenated alkanes) is 1. The van der Waals surface area contributed by atoms with Crippen molar-refractivity contribution in [3.05, 3.63) is 54.4 Å². The molecule has 0 bridgehead atoms. The van der Waals surface area contributed by atoms with Gasteiger partial charge in [0.25, 0.3) is 0 Å². The summed E-state index contributed by atoms with van der Waals surface area (Å²) >= 11 is 1.52. The molecule has 0 fully saturated rings. The van der Waals surface area contributed by atoms with Crippen LogP contribution in [0.4, 0.5) is 0 Å². The molecule has 0 spiro atoms. The first-order valence-corrected chi connectivity index (χ1v) is 11.7. The van der Waals surface area contributed by atoms with Crippen LogP contribution in [0.5, 0.6) is 0 Å². The Morgan fingerprint density at radius 3 is 2.37 bits per heavy atom. The smallest absolute Gasteiger partial charge is 0.242 e. The second kappa shape index (κ2) is 12.5. The summed E-state index contributed by atoms with van der Waals surface area (Å²) in [5, 5.41) is 0. The Morgan fingerprint density at radius 1 is 1.03 bits per heavy atom. The summed E-state index contributed by atoms with van der Waals surface area (Å²) in [5.74, 6) is 0.681. The largest absolute Gasteiger partial charge is 0.353 e. The number of hydrogen-bond acceptors (Lipinski definition) is 3. The quantitative estimate of drug-likeness (QED) is 0.469. The molecule has 0 aliphatic rings. The number of carbonyl (C=O) groups is 2. The molecule has 6 heteroatoms. The van der Waals surface area contributed by atoms with Crippen molar-refractivity contribution in [3.8, 4) is 0 Å². The lowest BCUT2D eigenvalue weighted by Gasteiger charge is -2.29. The van der Waals surface area contributed by atoms with Crippen molar-refractivity contribution in [2.75, 3.05) is 25.4 Å². The second-order valence-electron chi connectivity index (χ2n) is 8.05. The van der Waals surface area contributed by atoms with Crippen molar-refractivity contribution < 1.29 is 9.59 Å². The molecular weight excluding hydrogens is 394 g/mol. The molecule has 1 heterocycles. The van der Waals surface area contributed by atoms with Gasteiger partial charge in [-0.2, -0.15) is 0 Å². The van der Waals surface area contributed by atoms with Gasteiger partial charge in [-0.15, -0.1) is 11.8 Å². The van der Waals surface area contributed by atoms with Crippen LogP contribution in [0.2, 0.25) is 0 Å². The molecule has 2 rings (SSSR count). The summed E-state index contributed by atoms with van der Waals surface area (Å²) < 4.78 is 2.04. The molecule has 1 aromatic heterocycles. The van der Waals surface area contributed by atoms with Crippen LogP contribution >= 0.6 is 11.8 Å². The maximum Gasteiger partial charge on any atom is 0.242 e. The molecule has 0 radical (unpaired) electrons. The molecule has 0 saturated carbocycles. The zero-order valence-corrected chi connectivity index (χ0v) is 19.5. The van der Waals surface area contributed by atoms with Gasteiger partial charge in [-0.3, -0.25) is 9.59 Å². The van der Waals surface area contributed by atoms with Crippen LogP contribution in [-0.4, -0.2) is 51.6 Å². The Labute approximate surface area is 185 Å². The van der Waals surface area contributed by atoms with E-state index >= 15 is 0 Å². The van der Waals surface area contributed by atoms with Crippen molar-refractivity contribution >= 4 is 23.6 Å². The molecule has 0 unspecified atom stereocenters. The van der Waals surface area contributed by atoms with E-state index in [0.29, 0.717) is 31.3 Å². The Kier molecular flexibility index (Phi) is 10.0. The summed E-state index contributed by atoms with van der Waals surface area (Å²) in [7, 11) is 1.99. The number of nitrogens with zero attached hydrogens (tertiary/aromatic N) is 3. The van der Waals surface area contributed by atoms with Crippen molar-refractivity contribution in [1.82, 2.24) is 14.4 Å². The van der Waals surface area contributed by atoms with E-state index < -0.39 is 0 Å². The van der Waals surface area contributed by atoms with Crippen molar-refractivity contribution in [1.29, 1.82) is 0 Å². The zero-order chi connectivity index (χ0) is 21.9. The van der Waals surface area contributed by atoms with Crippen LogP contribution in [0.25, 0.3) is 0 Å². The molecule has 2 amide bonds. The van der Waals surface area contributed by atoms with Crippen LogP contribution in [0.15, 0.2) is 53.6 Å². The van der Waals surface area contributed by atoms with Crippen LogP contribution in [0.3, 0.4) is 0 Å². The minimum Gasteiger partial charge on any atom is -0.353 e. The molecule has 0 aliphatic heterocycles. The number of hydrogen-bond donors (Lipinski definition) is 0. The number of aromatic nitrogens is 1. The molecule has 0 aliphatic carbocycles. The molecule has 164 valence electrons. The average Bonchev–Trinajstić information content (AvgIpc) is 3.13. The third kappa shape index (κ3) is 7.90. The molecule has 5 nitrogen and oxygen atoms in total. The number of carbonyl (C=O) groups excluding carboxylic acids is 2. The third-order valence-electron chi connectivity index (χ3n) is 4.91. The van der Waals surface area contributed by atoms with Gasteiger partial charge >= 0.3 is 0 Å². The SMILES string of the molecule is CCCCN(Cc1cccn1C)C(=O)CN(CC(C)C)C(=O)CSc1ccccc1. The van der Waals surface area contributed by atoms with Crippen molar-refractivity contribution in [2.45, 2.75) is 45.1 Å². The second-order valence-corrected chi connectivity index (χ2v) is 9.10. The first-order chi connectivity index (χ1) is 14.4. The van der Waals surface area contributed by atoms with Crippen LogP contribution in [0.1, 0.15) is 39.3 Å². The summed E-state index contributed by atoms with van der Waals surface area (Å²) in [4.78, 5) is 30.8. The van der Waals surface area contributed by atoms with Gasteiger partial charge in [0, 0.05) is 36.9 Å². The first kappa shape index (κ1) is 24.1.